The Morgan fingerprint density at radius 3 is 2.97 bits per heavy atom. The fourth-order valence-corrected chi connectivity index (χ4v) is 3.08. The smallest absolute Gasteiger partial charge is 0.347 e. The van der Waals surface area contributed by atoms with Crippen LogP contribution in [0.15, 0.2) is 66.0 Å². The monoisotopic (exact) mass is 405 g/mol. The van der Waals surface area contributed by atoms with E-state index < -0.39 is 11.8 Å². The lowest BCUT2D eigenvalue weighted by atomic mass is 10.1. The molecule has 0 unspecified atom stereocenters. The van der Waals surface area contributed by atoms with E-state index >= 15 is 0 Å². The van der Waals surface area contributed by atoms with Crippen molar-refractivity contribution in [3.63, 3.8) is 0 Å². The molecule has 30 heavy (non-hydrogen) atoms. The average Bonchev–Trinajstić information content (AvgIpc) is 3.29. The van der Waals surface area contributed by atoms with Gasteiger partial charge in [0.2, 0.25) is 11.7 Å². The Morgan fingerprint density at radius 1 is 1.30 bits per heavy atom. The van der Waals surface area contributed by atoms with E-state index in [0.717, 1.165) is 5.39 Å². The fourth-order valence-electron chi connectivity index (χ4n) is 3.08. The molecule has 4 rings (SSSR count). The number of nitrogens with zero attached hydrogens (tertiary/aromatic N) is 1. The molecule has 8 nitrogen and oxygen atoms in total. The summed E-state index contributed by atoms with van der Waals surface area (Å²) in [5.74, 6) is -0.678. The van der Waals surface area contributed by atoms with Crippen LogP contribution in [0.3, 0.4) is 0 Å². The Bertz CT molecular complexity index is 1190. The van der Waals surface area contributed by atoms with Crippen LogP contribution in [0.4, 0.5) is 5.69 Å². The third kappa shape index (κ3) is 3.62. The fraction of sp³-hybridized carbons (Fsp3) is 0.136. The van der Waals surface area contributed by atoms with Crippen LogP contribution < -0.4 is 10.1 Å². The summed E-state index contributed by atoms with van der Waals surface area (Å²) in [6, 6.07) is 10.7. The van der Waals surface area contributed by atoms with Gasteiger partial charge in [-0.25, -0.2) is 9.78 Å². The lowest BCUT2D eigenvalue weighted by Crippen LogP contribution is -2.16. The molecule has 0 bridgehead atoms. The van der Waals surface area contributed by atoms with Crippen molar-refractivity contribution < 1.29 is 23.8 Å². The first-order valence-electron chi connectivity index (χ1n) is 9.29. The van der Waals surface area contributed by atoms with Crippen LogP contribution in [-0.2, 0) is 19.1 Å². The van der Waals surface area contributed by atoms with Gasteiger partial charge in [-0.15, -0.1) is 0 Å². The van der Waals surface area contributed by atoms with Crippen molar-refractivity contribution in [2.45, 2.75) is 6.92 Å². The molecule has 1 aromatic carbocycles. The molecule has 1 aliphatic heterocycles. The van der Waals surface area contributed by atoms with Crippen molar-refractivity contribution in [3.05, 3.63) is 71.6 Å². The summed E-state index contributed by atoms with van der Waals surface area (Å²) in [6.45, 7) is 1.80. The number of hydrogen-bond acceptors (Lipinski definition) is 7. The minimum absolute atomic E-state index is 0.00759. The van der Waals surface area contributed by atoms with Crippen LogP contribution >= 0.6 is 0 Å². The summed E-state index contributed by atoms with van der Waals surface area (Å²) in [6.07, 6.45) is 4.96. The number of rotatable bonds is 6. The summed E-state index contributed by atoms with van der Waals surface area (Å²) in [5, 5.41) is 3.80. The van der Waals surface area contributed by atoms with Crippen molar-refractivity contribution in [2.24, 2.45) is 0 Å². The topological polar surface area (TPSA) is 103 Å². The second-order valence-corrected chi connectivity index (χ2v) is 6.36. The Balaban J connectivity index is 1.70. The highest BCUT2D eigenvalue weighted by atomic mass is 16.5. The van der Waals surface area contributed by atoms with Crippen LogP contribution in [0, 0.1) is 0 Å². The number of carbonyl (C=O) groups is 2. The van der Waals surface area contributed by atoms with E-state index in [1.54, 1.807) is 62.8 Å². The minimum atomic E-state index is -0.753. The van der Waals surface area contributed by atoms with Crippen LogP contribution in [0.25, 0.3) is 17.1 Å². The Morgan fingerprint density at radius 2 is 2.17 bits per heavy atom. The molecule has 8 heteroatoms. The molecular formula is C22H19N3O5. The molecular weight excluding hydrogens is 386 g/mol. The molecule has 152 valence electrons. The van der Waals surface area contributed by atoms with Crippen molar-refractivity contribution >= 4 is 34.5 Å². The summed E-state index contributed by atoms with van der Waals surface area (Å²) in [5.41, 5.74) is 1.80. The Labute approximate surface area is 172 Å². The van der Waals surface area contributed by atoms with Gasteiger partial charge in [0.25, 0.3) is 0 Å². The zero-order valence-corrected chi connectivity index (χ0v) is 16.4. The number of ether oxygens (including phenoxy) is 3. The van der Waals surface area contributed by atoms with Gasteiger partial charge in [-0.2, -0.15) is 0 Å². The molecule has 0 saturated heterocycles. The maximum atomic E-state index is 13.0. The number of aromatic nitrogens is 2. The van der Waals surface area contributed by atoms with Gasteiger partial charge in [0.05, 0.1) is 13.7 Å². The number of ketones is 1. The average molecular weight is 405 g/mol. The molecule has 0 fully saturated rings. The van der Waals surface area contributed by atoms with E-state index in [0.29, 0.717) is 22.6 Å². The van der Waals surface area contributed by atoms with Gasteiger partial charge >= 0.3 is 5.97 Å². The number of Topliss-reactive ketones (excluding diaryl/α,β-unsaturated/α-hetero) is 1. The van der Waals surface area contributed by atoms with Gasteiger partial charge < -0.3 is 24.5 Å². The second kappa shape index (κ2) is 8.12. The van der Waals surface area contributed by atoms with E-state index in [1.165, 1.54) is 0 Å². The highest BCUT2D eigenvalue weighted by molar-refractivity contribution is 6.26. The zero-order valence-electron chi connectivity index (χ0n) is 16.4. The van der Waals surface area contributed by atoms with Crippen LogP contribution in [0.1, 0.15) is 12.5 Å². The molecule has 0 spiro atoms. The van der Waals surface area contributed by atoms with Crippen LogP contribution in [-0.4, -0.2) is 35.4 Å². The molecule has 0 atom stereocenters. The minimum Gasteiger partial charge on any atom is -0.497 e. The predicted molar refractivity (Wildman–Crippen MR) is 110 cm³/mol. The zero-order chi connectivity index (χ0) is 21.1. The maximum absolute atomic E-state index is 13.0. The number of carbonyl (C=O) groups excluding carboxylic acids is 2. The molecule has 2 N–H and O–H groups in total. The number of methoxy groups -OCH3 is 1. The number of allylic oxidation sites excluding steroid dienone is 1. The number of benzene rings is 1. The highest BCUT2D eigenvalue weighted by Crippen LogP contribution is 2.30. The van der Waals surface area contributed by atoms with Gasteiger partial charge in [-0.1, -0.05) is 6.07 Å². The first kappa shape index (κ1) is 19.3. The molecule has 2 aromatic heterocycles. The maximum Gasteiger partial charge on any atom is 0.347 e. The van der Waals surface area contributed by atoms with Gasteiger partial charge in [-0.05, 0) is 37.3 Å². The number of hydrogen-bond donors (Lipinski definition) is 2. The van der Waals surface area contributed by atoms with E-state index in [2.05, 4.69) is 15.3 Å². The molecule has 0 saturated carbocycles. The van der Waals surface area contributed by atoms with Gasteiger partial charge in [0.1, 0.15) is 11.4 Å². The number of H-pyrrole nitrogens is 1. The number of nitrogens with one attached hydrogen (secondary N) is 2. The molecule has 0 amide bonds. The summed E-state index contributed by atoms with van der Waals surface area (Å²) in [7, 11) is 1.55. The van der Waals surface area contributed by atoms with E-state index in [9.17, 15) is 9.59 Å². The Kier molecular flexibility index (Phi) is 5.21. The lowest BCUT2D eigenvalue weighted by Gasteiger charge is -2.10. The predicted octanol–water partition coefficient (Wildman–Crippen LogP) is 3.40. The van der Waals surface area contributed by atoms with Crippen LogP contribution in [0.5, 0.6) is 5.75 Å². The highest BCUT2D eigenvalue weighted by Gasteiger charge is 2.37. The van der Waals surface area contributed by atoms with Crippen molar-refractivity contribution in [2.75, 3.05) is 19.0 Å². The molecule has 3 heterocycles. The number of anilines is 1. The normalized spacial score (nSPS) is 14.9. The van der Waals surface area contributed by atoms with Crippen molar-refractivity contribution in [1.82, 2.24) is 9.97 Å². The first-order chi connectivity index (χ1) is 14.6. The SMILES string of the molecule is CCOC(=O)C1=C(Nc2cccc(OC)c2)O/C(=C\c2c[nH]c3ncccc23)C1=O. The van der Waals surface area contributed by atoms with Gasteiger partial charge in [0.15, 0.2) is 11.3 Å². The van der Waals surface area contributed by atoms with Crippen molar-refractivity contribution in [1.29, 1.82) is 0 Å². The van der Waals surface area contributed by atoms with E-state index in [1.807, 2.05) is 6.07 Å². The quantitative estimate of drug-likeness (QED) is 0.368. The molecule has 1 aliphatic rings. The standard InChI is InChI=1S/C22H19N3O5/c1-3-29-22(27)18-19(26)17(10-13-12-24-20-16(13)8-5-9-23-20)30-21(18)25-14-6-4-7-15(11-14)28-2/h4-12,25H,3H2,1-2H3,(H,23,24)/b17-10-. The third-order valence-electron chi connectivity index (χ3n) is 4.47. The van der Waals surface area contributed by atoms with E-state index in [4.69, 9.17) is 14.2 Å². The summed E-state index contributed by atoms with van der Waals surface area (Å²) in [4.78, 5) is 32.7. The second-order valence-electron chi connectivity index (χ2n) is 6.36. The molecule has 3 aromatic rings. The number of esters is 1. The summed E-state index contributed by atoms with van der Waals surface area (Å²) >= 11 is 0. The van der Waals surface area contributed by atoms with E-state index in [-0.39, 0.29) is 23.8 Å². The van der Waals surface area contributed by atoms with Crippen molar-refractivity contribution in [3.8, 4) is 5.75 Å². The molecule has 0 radical (unpaired) electrons. The van der Waals surface area contributed by atoms with Gasteiger partial charge in [0, 0.05) is 35.1 Å². The number of aromatic amines is 1. The largest absolute Gasteiger partial charge is 0.497 e. The molecule has 0 aliphatic carbocycles. The number of fused-ring (bicyclic) bond motifs is 1. The summed E-state index contributed by atoms with van der Waals surface area (Å²) < 4.78 is 16.0. The first-order valence-corrected chi connectivity index (χ1v) is 9.29. The Hall–Kier alpha value is -4.07. The lowest BCUT2D eigenvalue weighted by molar-refractivity contribution is -0.139. The van der Waals surface area contributed by atoms with Crippen LogP contribution in [0.2, 0.25) is 0 Å². The van der Waals surface area contributed by atoms with Gasteiger partial charge in [-0.3, -0.25) is 4.79 Å². The third-order valence-corrected chi connectivity index (χ3v) is 4.47. The number of pyridine rings is 1.